The lowest BCUT2D eigenvalue weighted by molar-refractivity contribution is -0.0148. The van der Waals surface area contributed by atoms with Crippen LogP contribution in [0.15, 0.2) is 21.0 Å². The number of imidazole rings is 1. The highest BCUT2D eigenvalue weighted by molar-refractivity contribution is 9.10. The smallest absolute Gasteiger partial charge is 0.228 e. The van der Waals surface area contributed by atoms with Gasteiger partial charge in [-0.05, 0) is 29.3 Å². The second kappa shape index (κ2) is 10.6. The maximum Gasteiger partial charge on any atom is 0.228 e. The first-order valence-electron chi connectivity index (χ1n) is 9.74. The van der Waals surface area contributed by atoms with Gasteiger partial charge in [-0.2, -0.15) is 0 Å². The molecule has 2 aromatic rings. The summed E-state index contributed by atoms with van der Waals surface area (Å²) in [4.78, 5) is 23.6. The Labute approximate surface area is 185 Å². The zero-order valence-corrected chi connectivity index (χ0v) is 20.2. The minimum atomic E-state index is -1.09. The molecule has 1 aliphatic heterocycles. The molecule has 1 saturated heterocycles. The van der Waals surface area contributed by atoms with Crippen molar-refractivity contribution in [3.05, 3.63) is 11.1 Å². The highest BCUT2D eigenvalue weighted by atomic mass is 79.9. The van der Waals surface area contributed by atoms with Gasteiger partial charge in [0.15, 0.2) is 28.1 Å². The third-order valence-electron chi connectivity index (χ3n) is 4.43. The predicted molar refractivity (Wildman–Crippen MR) is 122 cm³/mol. The predicted octanol–water partition coefficient (Wildman–Crippen LogP) is 3.90. The number of aromatic nitrogens is 4. The van der Waals surface area contributed by atoms with E-state index in [-0.39, 0.29) is 18.4 Å². The maximum absolute atomic E-state index is 6.30. The summed E-state index contributed by atoms with van der Waals surface area (Å²) in [6, 6.07) is 0. The van der Waals surface area contributed by atoms with Crippen LogP contribution >= 0.6 is 24.3 Å². The Balaban J connectivity index is 1.83. The van der Waals surface area contributed by atoms with Crippen LogP contribution in [0, 0.1) is 0 Å². The van der Waals surface area contributed by atoms with Crippen molar-refractivity contribution in [1.29, 1.82) is 0 Å². The van der Waals surface area contributed by atoms with Gasteiger partial charge in [-0.15, -0.1) is 0 Å². The van der Waals surface area contributed by atoms with Crippen LogP contribution < -0.4 is 0 Å². The average Bonchev–Trinajstić information content (AvgIpc) is 3.25. The molecule has 1 fully saturated rings. The van der Waals surface area contributed by atoms with Crippen molar-refractivity contribution < 1.29 is 13.8 Å². The van der Waals surface area contributed by atoms with E-state index in [2.05, 4.69) is 47.8 Å². The zero-order chi connectivity index (χ0) is 21.7. The molecule has 10 nitrogen and oxygen atoms in total. The molecule has 3 rings (SSSR count). The van der Waals surface area contributed by atoms with Crippen LogP contribution in [0.4, 0.5) is 5.82 Å². The fraction of sp³-hybridized carbons (Fsp3) is 0.611. The lowest BCUT2D eigenvalue weighted by Gasteiger charge is -2.19. The van der Waals surface area contributed by atoms with Gasteiger partial charge in [0, 0.05) is 33.7 Å². The van der Waals surface area contributed by atoms with Crippen LogP contribution in [0.5, 0.6) is 0 Å². The highest BCUT2D eigenvalue weighted by Gasteiger charge is 2.39. The van der Waals surface area contributed by atoms with Gasteiger partial charge in [-0.1, -0.05) is 6.92 Å². The maximum atomic E-state index is 6.30. The molecule has 0 saturated carbocycles. The van der Waals surface area contributed by atoms with Crippen molar-refractivity contribution in [2.75, 3.05) is 27.3 Å². The van der Waals surface area contributed by atoms with Crippen LogP contribution in [-0.4, -0.2) is 76.7 Å². The van der Waals surface area contributed by atoms with Crippen LogP contribution in [-0.2, 0) is 13.8 Å². The average molecular weight is 500 g/mol. The van der Waals surface area contributed by atoms with E-state index in [0.29, 0.717) is 34.7 Å². The number of nitrogens with zero attached hydrogens (tertiary/aromatic N) is 7. The van der Waals surface area contributed by atoms with Crippen LogP contribution in [0.1, 0.15) is 32.9 Å². The first kappa shape index (κ1) is 23.0. The summed E-state index contributed by atoms with van der Waals surface area (Å²) >= 11 is 3.55. The zero-order valence-electron chi connectivity index (χ0n) is 17.8. The molecule has 3 heterocycles. The van der Waals surface area contributed by atoms with E-state index in [4.69, 9.17) is 13.8 Å². The quantitative estimate of drug-likeness (QED) is 0.223. The van der Waals surface area contributed by atoms with E-state index < -0.39 is 8.38 Å². The van der Waals surface area contributed by atoms with E-state index in [9.17, 15) is 0 Å². The second-order valence-corrected chi connectivity index (χ2v) is 8.91. The molecule has 2 aromatic heterocycles. The van der Waals surface area contributed by atoms with Gasteiger partial charge in [0.25, 0.3) is 0 Å². The SMILES string of the molecule is CCN=COP(C)OC1CC(n2c(Br)nc3c(/N=C\N(C)C)ncnc32)OC1CC. The van der Waals surface area contributed by atoms with Gasteiger partial charge in [-0.25, -0.2) is 19.9 Å². The first-order valence-corrected chi connectivity index (χ1v) is 12.2. The minimum Gasteiger partial charge on any atom is -0.437 e. The Morgan fingerprint density at radius 3 is 2.90 bits per heavy atom. The number of aliphatic imine (C=N–C) groups is 2. The lowest BCUT2D eigenvalue weighted by Crippen LogP contribution is -2.21. The number of rotatable bonds is 9. The Kier molecular flexibility index (Phi) is 8.10. The Morgan fingerprint density at radius 2 is 2.20 bits per heavy atom. The number of hydrogen-bond donors (Lipinski definition) is 0. The monoisotopic (exact) mass is 499 g/mol. The fourth-order valence-corrected chi connectivity index (χ4v) is 4.54. The number of ether oxygens (including phenoxy) is 1. The lowest BCUT2D eigenvalue weighted by atomic mass is 10.1. The van der Waals surface area contributed by atoms with E-state index in [1.165, 1.54) is 12.7 Å². The highest BCUT2D eigenvalue weighted by Crippen LogP contribution is 2.43. The van der Waals surface area contributed by atoms with E-state index in [0.717, 1.165) is 6.42 Å². The van der Waals surface area contributed by atoms with Crippen molar-refractivity contribution in [3.63, 3.8) is 0 Å². The molecule has 0 aliphatic carbocycles. The van der Waals surface area contributed by atoms with Crippen LogP contribution in [0.25, 0.3) is 11.2 Å². The molecule has 4 atom stereocenters. The van der Waals surface area contributed by atoms with Gasteiger partial charge >= 0.3 is 0 Å². The largest absolute Gasteiger partial charge is 0.437 e. The van der Waals surface area contributed by atoms with Crippen molar-refractivity contribution in [1.82, 2.24) is 24.4 Å². The van der Waals surface area contributed by atoms with Crippen molar-refractivity contribution in [2.24, 2.45) is 9.98 Å². The van der Waals surface area contributed by atoms with Crippen molar-refractivity contribution in [3.8, 4) is 0 Å². The standard InChI is InChI=1S/C18H27BrN7O3P/c1-6-12-13(29-30(5)27-11-20-7-2)8-14(28-12)26-17-15(24-18(26)19)16(21-9-22-17)23-10-25(3)4/h9-14H,6-8H2,1-5H3/b20-11?,23-10-. The molecule has 164 valence electrons. The van der Waals surface area contributed by atoms with Crippen LogP contribution in [0.2, 0.25) is 0 Å². The summed E-state index contributed by atoms with van der Waals surface area (Å²) in [5.74, 6) is 0.506. The van der Waals surface area contributed by atoms with Crippen molar-refractivity contribution >= 4 is 54.0 Å². The summed E-state index contributed by atoms with van der Waals surface area (Å²) in [6.07, 6.45) is 5.70. The number of halogens is 1. The molecule has 30 heavy (non-hydrogen) atoms. The normalized spacial score (nSPS) is 23.1. The molecule has 0 spiro atoms. The number of hydrogen-bond acceptors (Lipinski definition) is 8. The molecular formula is C18H27BrN7O3P. The van der Waals surface area contributed by atoms with Gasteiger partial charge in [0.1, 0.15) is 12.6 Å². The van der Waals surface area contributed by atoms with Crippen LogP contribution in [0.3, 0.4) is 0 Å². The molecule has 12 heteroatoms. The Bertz CT molecular complexity index is 907. The summed E-state index contributed by atoms with van der Waals surface area (Å²) in [5.41, 5.74) is 1.27. The van der Waals surface area contributed by atoms with Gasteiger partial charge in [0.05, 0.1) is 18.5 Å². The summed E-state index contributed by atoms with van der Waals surface area (Å²) in [5, 5.41) is 0. The molecule has 0 N–H and O–H groups in total. The third kappa shape index (κ3) is 5.32. The number of fused-ring (bicyclic) bond motifs is 1. The molecular weight excluding hydrogens is 473 g/mol. The molecule has 0 radical (unpaired) electrons. The van der Waals surface area contributed by atoms with E-state index in [1.807, 2.05) is 37.2 Å². The summed E-state index contributed by atoms with van der Waals surface area (Å²) < 4.78 is 20.5. The fourth-order valence-electron chi connectivity index (χ4n) is 3.11. The molecule has 0 amide bonds. The van der Waals surface area contributed by atoms with E-state index >= 15 is 0 Å². The topological polar surface area (TPSA) is 99.2 Å². The van der Waals surface area contributed by atoms with Gasteiger partial charge in [0.2, 0.25) is 8.38 Å². The van der Waals surface area contributed by atoms with E-state index in [1.54, 1.807) is 6.34 Å². The second-order valence-electron chi connectivity index (χ2n) is 6.89. The Hall–Kier alpha value is -1.68. The first-order chi connectivity index (χ1) is 14.4. The molecule has 0 aromatic carbocycles. The van der Waals surface area contributed by atoms with Gasteiger partial charge in [-0.3, -0.25) is 9.56 Å². The van der Waals surface area contributed by atoms with Gasteiger partial charge < -0.3 is 18.7 Å². The third-order valence-corrected chi connectivity index (χ3v) is 5.95. The minimum absolute atomic E-state index is 0.0518. The molecule has 4 unspecified atom stereocenters. The van der Waals surface area contributed by atoms with Crippen molar-refractivity contribution in [2.45, 2.75) is 45.1 Å². The molecule has 0 bridgehead atoms. The summed E-state index contributed by atoms with van der Waals surface area (Å²) in [7, 11) is 2.71. The molecule has 1 aliphatic rings. The Morgan fingerprint density at radius 1 is 1.40 bits per heavy atom. The summed E-state index contributed by atoms with van der Waals surface area (Å²) in [6.45, 7) is 6.63.